The number of fused-ring (bicyclic) bond motifs is 3. The molecule has 6 rings (SSSR count). The number of halogens is 1. The Morgan fingerprint density at radius 2 is 1.95 bits per heavy atom. The van der Waals surface area contributed by atoms with E-state index >= 15 is 0 Å². The van der Waals surface area contributed by atoms with Gasteiger partial charge in [-0.25, -0.2) is 4.39 Å². The van der Waals surface area contributed by atoms with Gasteiger partial charge in [-0.05, 0) is 79.3 Å². The number of ether oxygens (including phenoxy) is 2. The van der Waals surface area contributed by atoms with Crippen LogP contribution >= 0.6 is 0 Å². The molecule has 0 radical (unpaired) electrons. The second kappa shape index (κ2) is 11.7. The van der Waals surface area contributed by atoms with Gasteiger partial charge in [0.1, 0.15) is 11.6 Å². The summed E-state index contributed by atoms with van der Waals surface area (Å²) in [6.45, 7) is 8.87. The number of rotatable bonds is 7. The lowest BCUT2D eigenvalue weighted by molar-refractivity contribution is 0.110. The number of aromatic nitrogens is 3. The highest BCUT2D eigenvalue weighted by Crippen LogP contribution is 2.43. The van der Waals surface area contributed by atoms with E-state index in [0.29, 0.717) is 19.8 Å². The van der Waals surface area contributed by atoms with Crippen LogP contribution in [-0.4, -0.2) is 33.8 Å². The Bertz CT molecular complexity index is 1780. The van der Waals surface area contributed by atoms with Crippen molar-refractivity contribution in [2.24, 2.45) is 7.05 Å². The highest BCUT2D eigenvalue weighted by atomic mass is 19.1. The van der Waals surface area contributed by atoms with E-state index in [2.05, 4.69) is 37.5 Å². The SMILES string of the molecule is CCc1nn(C)c2c1-c1c(C)ccc3c(C(C)CCOc4cccc5cc(F)ccc45)c(C=O)n(c13)CCCCOC2. The minimum Gasteiger partial charge on any atom is -0.493 e. The fourth-order valence-electron chi connectivity index (χ4n) is 6.59. The molecule has 0 aliphatic carbocycles. The number of aryl methyl sites for hydroxylation is 4. The molecule has 0 N–H and O–H groups in total. The first-order valence-electron chi connectivity index (χ1n) is 15.0. The highest BCUT2D eigenvalue weighted by Gasteiger charge is 2.28. The largest absolute Gasteiger partial charge is 0.493 e. The maximum atomic E-state index is 13.8. The van der Waals surface area contributed by atoms with Gasteiger partial charge in [-0.3, -0.25) is 9.48 Å². The molecule has 1 aliphatic heterocycles. The third-order valence-electron chi connectivity index (χ3n) is 8.71. The van der Waals surface area contributed by atoms with Crippen LogP contribution in [-0.2, 0) is 31.4 Å². The Morgan fingerprint density at radius 3 is 2.76 bits per heavy atom. The van der Waals surface area contributed by atoms with E-state index in [-0.39, 0.29) is 11.7 Å². The van der Waals surface area contributed by atoms with Crippen LogP contribution in [0.2, 0.25) is 0 Å². The van der Waals surface area contributed by atoms with Gasteiger partial charge in [0.05, 0.1) is 35.8 Å². The number of hydrogen-bond acceptors (Lipinski definition) is 4. The zero-order chi connectivity index (χ0) is 29.4. The van der Waals surface area contributed by atoms with Crippen molar-refractivity contribution in [3.05, 3.63) is 82.6 Å². The number of carbonyl (C=O) groups is 1. The molecule has 1 atom stereocenters. The smallest absolute Gasteiger partial charge is 0.166 e. The molecule has 2 aromatic heterocycles. The quantitative estimate of drug-likeness (QED) is 0.188. The number of hydrogen-bond donors (Lipinski definition) is 0. The molecular weight excluding hydrogens is 529 g/mol. The van der Waals surface area contributed by atoms with Crippen LogP contribution in [0.15, 0.2) is 48.5 Å². The number of nitrogens with zero attached hydrogens (tertiary/aromatic N) is 3. The summed E-state index contributed by atoms with van der Waals surface area (Å²) in [5.41, 5.74) is 8.50. The Balaban J connectivity index is 1.43. The predicted molar refractivity (Wildman–Crippen MR) is 165 cm³/mol. The molecule has 1 aliphatic rings. The Morgan fingerprint density at radius 1 is 1.12 bits per heavy atom. The molecule has 5 aromatic rings. The van der Waals surface area contributed by atoms with Crippen LogP contribution in [0, 0.1) is 12.7 Å². The lowest BCUT2D eigenvalue weighted by atomic mass is 9.91. The Hall–Kier alpha value is -3.97. The summed E-state index contributed by atoms with van der Waals surface area (Å²) in [4.78, 5) is 12.8. The van der Waals surface area contributed by atoms with Gasteiger partial charge in [0, 0.05) is 42.1 Å². The van der Waals surface area contributed by atoms with Crippen molar-refractivity contribution in [2.75, 3.05) is 13.2 Å². The van der Waals surface area contributed by atoms with E-state index < -0.39 is 0 Å². The van der Waals surface area contributed by atoms with Crippen LogP contribution in [0.3, 0.4) is 0 Å². The van der Waals surface area contributed by atoms with E-state index in [1.54, 1.807) is 6.07 Å². The fourth-order valence-corrected chi connectivity index (χ4v) is 6.59. The van der Waals surface area contributed by atoms with Crippen LogP contribution in [0.4, 0.5) is 4.39 Å². The maximum absolute atomic E-state index is 13.8. The molecule has 218 valence electrons. The maximum Gasteiger partial charge on any atom is 0.166 e. The molecule has 0 saturated heterocycles. The first kappa shape index (κ1) is 28.2. The van der Waals surface area contributed by atoms with Crippen molar-refractivity contribution in [1.82, 2.24) is 14.3 Å². The molecule has 6 nitrogen and oxygen atoms in total. The zero-order valence-electron chi connectivity index (χ0n) is 24.9. The third kappa shape index (κ3) is 4.90. The summed E-state index contributed by atoms with van der Waals surface area (Å²) < 4.78 is 30.3. The molecule has 1 unspecified atom stereocenters. The molecule has 7 heteroatoms. The van der Waals surface area contributed by atoms with Gasteiger partial charge in [-0.1, -0.05) is 38.1 Å². The van der Waals surface area contributed by atoms with Gasteiger partial charge in [0.2, 0.25) is 0 Å². The average Bonchev–Trinajstić information content (AvgIpc) is 3.46. The zero-order valence-corrected chi connectivity index (χ0v) is 24.9. The van der Waals surface area contributed by atoms with Crippen LogP contribution in [0.1, 0.15) is 72.0 Å². The number of carbonyl (C=O) groups excluding carboxylic acids is 1. The second-order valence-electron chi connectivity index (χ2n) is 11.4. The van der Waals surface area contributed by atoms with Crippen molar-refractivity contribution in [3.8, 4) is 16.9 Å². The summed E-state index contributed by atoms with van der Waals surface area (Å²) in [7, 11) is 1.99. The van der Waals surface area contributed by atoms with Gasteiger partial charge >= 0.3 is 0 Å². The summed E-state index contributed by atoms with van der Waals surface area (Å²) >= 11 is 0. The molecule has 0 spiro atoms. The lowest BCUT2D eigenvalue weighted by Crippen LogP contribution is -2.08. The molecule has 0 bridgehead atoms. The molecule has 0 fully saturated rings. The van der Waals surface area contributed by atoms with Gasteiger partial charge < -0.3 is 14.0 Å². The normalized spacial score (nSPS) is 14.5. The summed E-state index contributed by atoms with van der Waals surface area (Å²) in [5.74, 6) is 0.555. The van der Waals surface area contributed by atoms with E-state index in [1.807, 2.05) is 29.9 Å². The van der Waals surface area contributed by atoms with Crippen molar-refractivity contribution in [1.29, 1.82) is 0 Å². The summed E-state index contributed by atoms with van der Waals surface area (Å²) in [6.07, 6.45) is 4.41. The average molecular weight is 568 g/mol. The van der Waals surface area contributed by atoms with E-state index in [1.165, 1.54) is 12.1 Å². The minimum atomic E-state index is -0.261. The monoisotopic (exact) mass is 567 g/mol. The first-order valence-corrected chi connectivity index (χ1v) is 15.0. The summed E-state index contributed by atoms with van der Waals surface area (Å²) in [5, 5.41) is 7.70. The number of benzene rings is 3. The van der Waals surface area contributed by atoms with Crippen molar-refractivity contribution in [2.45, 2.75) is 65.5 Å². The Kier molecular flexibility index (Phi) is 7.86. The van der Waals surface area contributed by atoms with Gasteiger partial charge in [0.25, 0.3) is 0 Å². The molecular formula is C35H38FN3O3. The van der Waals surface area contributed by atoms with E-state index in [0.717, 1.165) is 105 Å². The number of aldehydes is 1. The standard InChI is InChI=1S/C35H38FN3O3/c1-5-28-34-30(38(4)37-28)21-41-17-7-6-16-39-29(20-40)32(27-13-11-22(2)33(34)35(27)39)23(3)15-18-42-31-10-8-9-24-19-25(36)12-14-26(24)31/h8-14,19-20,23H,5-7,15-18,21H2,1-4H3. The molecule has 3 aromatic carbocycles. The van der Waals surface area contributed by atoms with Crippen LogP contribution in [0.25, 0.3) is 32.8 Å². The highest BCUT2D eigenvalue weighted by molar-refractivity contribution is 6.03. The van der Waals surface area contributed by atoms with Crippen molar-refractivity contribution >= 4 is 28.0 Å². The van der Waals surface area contributed by atoms with Gasteiger partial charge in [-0.2, -0.15) is 5.10 Å². The van der Waals surface area contributed by atoms with Crippen LogP contribution < -0.4 is 4.74 Å². The van der Waals surface area contributed by atoms with E-state index in [4.69, 9.17) is 14.6 Å². The topological polar surface area (TPSA) is 58.3 Å². The Labute approximate surface area is 246 Å². The lowest BCUT2D eigenvalue weighted by Gasteiger charge is -2.15. The van der Waals surface area contributed by atoms with Crippen LogP contribution in [0.5, 0.6) is 5.75 Å². The van der Waals surface area contributed by atoms with Crippen molar-refractivity contribution in [3.63, 3.8) is 0 Å². The minimum absolute atomic E-state index is 0.0761. The fraction of sp³-hybridized carbons (Fsp3) is 0.371. The van der Waals surface area contributed by atoms with E-state index in [9.17, 15) is 9.18 Å². The summed E-state index contributed by atoms with van der Waals surface area (Å²) in [6, 6.07) is 14.8. The predicted octanol–water partition coefficient (Wildman–Crippen LogP) is 7.90. The van der Waals surface area contributed by atoms with Gasteiger partial charge in [0.15, 0.2) is 6.29 Å². The third-order valence-corrected chi connectivity index (χ3v) is 8.71. The molecule has 42 heavy (non-hydrogen) atoms. The first-order chi connectivity index (χ1) is 20.4. The second-order valence-corrected chi connectivity index (χ2v) is 11.4. The van der Waals surface area contributed by atoms with Gasteiger partial charge in [-0.15, -0.1) is 0 Å². The van der Waals surface area contributed by atoms with Crippen molar-refractivity contribution < 1.29 is 18.7 Å². The molecule has 0 saturated carbocycles. The molecule has 3 heterocycles. The molecule has 0 amide bonds.